The Balaban J connectivity index is 2.13. The van der Waals surface area contributed by atoms with Gasteiger partial charge < -0.3 is 15.6 Å². The molecule has 3 atom stereocenters. The molecule has 0 bridgehead atoms. The van der Waals surface area contributed by atoms with E-state index in [1.807, 2.05) is 18.2 Å². The SMILES string of the molecule is CCC(C)c1ccccc1OC1CCCC(N)(C(=O)O)C1. The van der Waals surface area contributed by atoms with E-state index in [4.69, 9.17) is 10.5 Å². The molecule has 1 saturated carbocycles. The second-order valence-corrected chi connectivity index (χ2v) is 6.14. The molecule has 4 heteroatoms. The van der Waals surface area contributed by atoms with Crippen LogP contribution in [0.4, 0.5) is 0 Å². The van der Waals surface area contributed by atoms with Gasteiger partial charge in [-0.1, -0.05) is 32.0 Å². The molecule has 0 spiro atoms. The van der Waals surface area contributed by atoms with Gasteiger partial charge in [-0.25, -0.2) is 0 Å². The highest BCUT2D eigenvalue weighted by Crippen LogP contribution is 2.33. The summed E-state index contributed by atoms with van der Waals surface area (Å²) < 4.78 is 6.11. The van der Waals surface area contributed by atoms with E-state index in [-0.39, 0.29) is 6.10 Å². The summed E-state index contributed by atoms with van der Waals surface area (Å²) in [6.45, 7) is 4.32. The molecule has 4 nitrogen and oxygen atoms in total. The summed E-state index contributed by atoms with van der Waals surface area (Å²) in [6.07, 6.45) is 3.47. The van der Waals surface area contributed by atoms with E-state index in [0.29, 0.717) is 18.8 Å². The molecule has 0 radical (unpaired) electrons. The van der Waals surface area contributed by atoms with E-state index >= 15 is 0 Å². The van der Waals surface area contributed by atoms with Crippen molar-refractivity contribution in [3.63, 3.8) is 0 Å². The first kappa shape index (κ1) is 15.8. The third-order valence-electron chi connectivity index (χ3n) is 4.52. The molecule has 0 saturated heterocycles. The summed E-state index contributed by atoms with van der Waals surface area (Å²) in [7, 11) is 0. The number of carboxylic acids is 1. The summed E-state index contributed by atoms with van der Waals surface area (Å²) in [5.41, 5.74) is 6.03. The molecule has 21 heavy (non-hydrogen) atoms. The van der Waals surface area contributed by atoms with Gasteiger partial charge in [0.25, 0.3) is 0 Å². The Hall–Kier alpha value is -1.55. The normalized spacial score (nSPS) is 27.1. The highest BCUT2D eigenvalue weighted by molar-refractivity contribution is 5.78. The lowest BCUT2D eigenvalue weighted by molar-refractivity contribution is -0.145. The molecule has 1 aliphatic rings. The highest BCUT2D eigenvalue weighted by Gasteiger charge is 2.40. The van der Waals surface area contributed by atoms with Crippen molar-refractivity contribution in [3.05, 3.63) is 29.8 Å². The standard InChI is InChI=1S/C17H25NO3/c1-3-12(2)14-8-4-5-9-15(14)21-13-7-6-10-17(18,11-13)16(19)20/h4-5,8-9,12-13H,3,6-7,10-11,18H2,1-2H3,(H,19,20). The molecule has 116 valence electrons. The van der Waals surface area contributed by atoms with Crippen LogP contribution in [0.15, 0.2) is 24.3 Å². The monoisotopic (exact) mass is 291 g/mol. The lowest BCUT2D eigenvalue weighted by atomic mass is 9.81. The van der Waals surface area contributed by atoms with E-state index < -0.39 is 11.5 Å². The quantitative estimate of drug-likeness (QED) is 0.873. The lowest BCUT2D eigenvalue weighted by Crippen LogP contribution is -2.53. The van der Waals surface area contributed by atoms with Gasteiger partial charge in [-0.05, 0) is 43.2 Å². The van der Waals surface area contributed by atoms with Crippen molar-refractivity contribution in [1.29, 1.82) is 0 Å². The first-order chi connectivity index (χ1) is 9.96. The maximum Gasteiger partial charge on any atom is 0.323 e. The van der Waals surface area contributed by atoms with E-state index in [1.165, 1.54) is 5.56 Å². The fourth-order valence-corrected chi connectivity index (χ4v) is 2.94. The zero-order valence-electron chi connectivity index (χ0n) is 12.8. The number of rotatable bonds is 5. The minimum absolute atomic E-state index is 0.120. The number of hydrogen-bond acceptors (Lipinski definition) is 3. The molecular formula is C17H25NO3. The largest absolute Gasteiger partial charge is 0.490 e. The van der Waals surface area contributed by atoms with Crippen molar-refractivity contribution < 1.29 is 14.6 Å². The number of hydrogen-bond donors (Lipinski definition) is 2. The van der Waals surface area contributed by atoms with Crippen molar-refractivity contribution in [2.75, 3.05) is 0 Å². The maximum absolute atomic E-state index is 11.3. The number of ether oxygens (including phenoxy) is 1. The smallest absolute Gasteiger partial charge is 0.323 e. The molecule has 0 aromatic heterocycles. The van der Waals surface area contributed by atoms with Crippen LogP contribution in [-0.2, 0) is 4.79 Å². The molecule has 1 fully saturated rings. The van der Waals surface area contributed by atoms with Crippen LogP contribution in [0.5, 0.6) is 5.75 Å². The van der Waals surface area contributed by atoms with Gasteiger partial charge in [0.1, 0.15) is 17.4 Å². The van der Waals surface area contributed by atoms with E-state index in [1.54, 1.807) is 0 Å². The zero-order valence-corrected chi connectivity index (χ0v) is 12.8. The van der Waals surface area contributed by atoms with Gasteiger partial charge in [-0.2, -0.15) is 0 Å². The number of aliphatic carboxylic acids is 1. The van der Waals surface area contributed by atoms with E-state index in [0.717, 1.165) is 25.0 Å². The summed E-state index contributed by atoms with van der Waals surface area (Å²) in [5.74, 6) is 0.365. The molecule has 1 aliphatic carbocycles. The van der Waals surface area contributed by atoms with Gasteiger partial charge in [0.15, 0.2) is 0 Å². The molecule has 3 N–H and O–H groups in total. The maximum atomic E-state index is 11.3. The van der Waals surface area contributed by atoms with Gasteiger partial charge in [0, 0.05) is 6.42 Å². The lowest BCUT2D eigenvalue weighted by Gasteiger charge is -2.35. The van der Waals surface area contributed by atoms with Crippen LogP contribution in [0.2, 0.25) is 0 Å². The number of nitrogens with two attached hydrogens (primary N) is 1. The Labute approximate surface area is 126 Å². The van der Waals surface area contributed by atoms with Crippen molar-refractivity contribution in [1.82, 2.24) is 0 Å². The predicted molar refractivity (Wildman–Crippen MR) is 82.6 cm³/mol. The fourth-order valence-electron chi connectivity index (χ4n) is 2.94. The topological polar surface area (TPSA) is 72.5 Å². The molecule has 0 heterocycles. The number of carbonyl (C=O) groups is 1. The Morgan fingerprint density at radius 1 is 1.52 bits per heavy atom. The molecule has 0 aliphatic heterocycles. The van der Waals surface area contributed by atoms with E-state index in [9.17, 15) is 9.90 Å². The molecular weight excluding hydrogens is 266 g/mol. The van der Waals surface area contributed by atoms with Crippen LogP contribution in [0, 0.1) is 0 Å². The third-order valence-corrected chi connectivity index (χ3v) is 4.52. The molecule has 1 aromatic carbocycles. The number of para-hydroxylation sites is 1. The molecule has 2 rings (SSSR count). The first-order valence-corrected chi connectivity index (χ1v) is 7.74. The van der Waals surface area contributed by atoms with Gasteiger partial charge >= 0.3 is 5.97 Å². The van der Waals surface area contributed by atoms with Crippen LogP contribution in [0.25, 0.3) is 0 Å². The van der Waals surface area contributed by atoms with Crippen molar-refractivity contribution in [2.45, 2.75) is 63.5 Å². The highest BCUT2D eigenvalue weighted by atomic mass is 16.5. The first-order valence-electron chi connectivity index (χ1n) is 7.74. The Morgan fingerprint density at radius 3 is 2.90 bits per heavy atom. The average Bonchev–Trinajstić information content (AvgIpc) is 2.47. The van der Waals surface area contributed by atoms with Crippen LogP contribution in [0.3, 0.4) is 0 Å². The second kappa shape index (κ2) is 6.48. The van der Waals surface area contributed by atoms with Gasteiger partial charge in [0.05, 0.1) is 0 Å². The van der Waals surface area contributed by atoms with Crippen LogP contribution < -0.4 is 10.5 Å². The van der Waals surface area contributed by atoms with Crippen LogP contribution in [-0.4, -0.2) is 22.7 Å². The summed E-state index contributed by atoms with van der Waals surface area (Å²) in [5, 5.41) is 9.28. The summed E-state index contributed by atoms with van der Waals surface area (Å²) >= 11 is 0. The Bertz CT molecular complexity index is 503. The van der Waals surface area contributed by atoms with Gasteiger partial charge in [-0.3, -0.25) is 4.79 Å². The Kier molecular flexibility index (Phi) is 4.88. The summed E-state index contributed by atoms with van der Waals surface area (Å²) in [4.78, 5) is 11.3. The van der Waals surface area contributed by atoms with Gasteiger partial charge in [0.2, 0.25) is 0 Å². The van der Waals surface area contributed by atoms with Crippen molar-refractivity contribution in [3.8, 4) is 5.75 Å². The van der Waals surface area contributed by atoms with Crippen molar-refractivity contribution in [2.24, 2.45) is 5.73 Å². The number of benzene rings is 1. The van der Waals surface area contributed by atoms with Gasteiger partial charge in [-0.15, -0.1) is 0 Å². The van der Waals surface area contributed by atoms with Crippen LogP contribution in [0.1, 0.15) is 57.4 Å². The van der Waals surface area contributed by atoms with E-state index in [2.05, 4.69) is 19.9 Å². The van der Waals surface area contributed by atoms with Crippen LogP contribution >= 0.6 is 0 Å². The molecule has 1 aromatic rings. The third kappa shape index (κ3) is 3.56. The predicted octanol–water partition coefficient (Wildman–Crippen LogP) is 3.30. The minimum atomic E-state index is -1.14. The second-order valence-electron chi connectivity index (χ2n) is 6.14. The fraction of sp³-hybridized carbons (Fsp3) is 0.588. The molecule has 0 amide bonds. The van der Waals surface area contributed by atoms with Crippen molar-refractivity contribution >= 4 is 5.97 Å². The number of carboxylic acid groups (broad SMARTS) is 1. The summed E-state index contributed by atoms with van der Waals surface area (Å²) in [6, 6.07) is 8.02. The Morgan fingerprint density at radius 2 is 2.24 bits per heavy atom. The molecule has 3 unspecified atom stereocenters. The minimum Gasteiger partial charge on any atom is -0.490 e. The zero-order chi connectivity index (χ0) is 15.5. The average molecular weight is 291 g/mol.